The van der Waals surface area contributed by atoms with Crippen LogP contribution in [-0.2, 0) is 18.9 Å². The third kappa shape index (κ3) is 5.70. The highest BCUT2D eigenvalue weighted by Crippen LogP contribution is 2.32. The number of esters is 3. The number of alkyl halides is 1. The van der Waals surface area contributed by atoms with Crippen LogP contribution in [0.4, 0.5) is 0 Å². The number of hydrogen-bond donors (Lipinski definition) is 0. The van der Waals surface area contributed by atoms with Crippen LogP contribution in [0.15, 0.2) is 91.0 Å². The Morgan fingerprint density at radius 2 is 1.06 bits per heavy atom. The molecule has 0 bridgehead atoms. The van der Waals surface area contributed by atoms with Crippen molar-refractivity contribution in [1.82, 2.24) is 0 Å². The molecule has 0 N–H and O–H groups in total. The summed E-state index contributed by atoms with van der Waals surface area (Å²) >= 11 is 3.35. The summed E-state index contributed by atoms with van der Waals surface area (Å²) in [4.78, 5) is 37.8. The molecule has 0 aromatic heterocycles. The summed E-state index contributed by atoms with van der Waals surface area (Å²) in [5, 5.41) is -0.783. The molecule has 1 aliphatic heterocycles. The van der Waals surface area contributed by atoms with E-state index in [1.165, 1.54) is 0 Å². The molecule has 8 heteroatoms. The lowest BCUT2D eigenvalue weighted by Crippen LogP contribution is -2.41. The maximum absolute atomic E-state index is 12.8. The second-order valence-corrected chi connectivity index (χ2v) is 8.36. The smallest absolute Gasteiger partial charge is 0.338 e. The zero-order valence-corrected chi connectivity index (χ0v) is 19.5. The Hall–Kier alpha value is -3.49. The maximum Gasteiger partial charge on any atom is 0.338 e. The number of halogens is 1. The number of carbonyl (C=O) groups is 3. The van der Waals surface area contributed by atoms with Crippen molar-refractivity contribution in [2.45, 2.75) is 23.3 Å². The van der Waals surface area contributed by atoms with Crippen molar-refractivity contribution >= 4 is 33.8 Å². The minimum absolute atomic E-state index is 0.206. The number of benzene rings is 3. The molecule has 34 heavy (non-hydrogen) atoms. The summed E-state index contributed by atoms with van der Waals surface area (Å²) in [6, 6.07) is 25.4. The summed E-state index contributed by atoms with van der Waals surface area (Å²) in [7, 11) is 0. The summed E-state index contributed by atoms with van der Waals surface area (Å²) < 4.78 is 22.6. The lowest BCUT2D eigenvalue weighted by Gasteiger charge is -2.23. The summed E-state index contributed by atoms with van der Waals surface area (Å²) in [5.41, 5.74) is 1.05. The van der Waals surface area contributed by atoms with Gasteiger partial charge < -0.3 is 18.9 Å². The van der Waals surface area contributed by atoms with Crippen molar-refractivity contribution in [1.29, 1.82) is 0 Å². The van der Waals surface area contributed by atoms with Gasteiger partial charge in [-0.05, 0) is 36.4 Å². The van der Waals surface area contributed by atoms with Gasteiger partial charge in [0.2, 0.25) is 0 Å². The quantitative estimate of drug-likeness (QED) is 0.257. The molecule has 1 heterocycles. The van der Waals surface area contributed by atoms with Gasteiger partial charge in [-0.2, -0.15) is 0 Å². The van der Waals surface area contributed by atoms with E-state index in [1.807, 2.05) is 0 Å². The van der Waals surface area contributed by atoms with Gasteiger partial charge in [-0.1, -0.05) is 70.5 Å². The Labute approximate surface area is 204 Å². The van der Waals surface area contributed by atoms with E-state index >= 15 is 0 Å². The zero-order valence-electron chi connectivity index (χ0n) is 17.9. The van der Waals surface area contributed by atoms with Gasteiger partial charge in [0.1, 0.15) is 12.7 Å². The third-order valence-electron chi connectivity index (χ3n) is 5.15. The molecule has 0 aliphatic carbocycles. The third-order valence-corrected chi connectivity index (χ3v) is 5.88. The SMILES string of the molecule is O=C(OC[C@H]1O[C@@H](Br)C(OC(=O)c2ccccc2)[C@H]1OC(=O)c1ccccc1)c1ccccc1. The first-order valence-corrected chi connectivity index (χ1v) is 11.5. The van der Waals surface area contributed by atoms with E-state index in [1.54, 1.807) is 91.0 Å². The van der Waals surface area contributed by atoms with Gasteiger partial charge in [0.05, 0.1) is 16.7 Å². The van der Waals surface area contributed by atoms with Crippen molar-refractivity contribution in [3.05, 3.63) is 108 Å². The molecule has 0 spiro atoms. The first kappa shape index (κ1) is 23.7. The number of hydrogen-bond acceptors (Lipinski definition) is 7. The molecular formula is C26H21BrO7. The fourth-order valence-electron chi connectivity index (χ4n) is 3.43. The Bertz CT molecular complexity index is 1120. The van der Waals surface area contributed by atoms with E-state index in [4.69, 9.17) is 18.9 Å². The van der Waals surface area contributed by atoms with Crippen molar-refractivity contribution in [3.63, 3.8) is 0 Å². The molecule has 1 aliphatic rings. The van der Waals surface area contributed by atoms with Crippen LogP contribution in [0.25, 0.3) is 0 Å². The van der Waals surface area contributed by atoms with E-state index in [-0.39, 0.29) is 6.61 Å². The predicted molar refractivity (Wildman–Crippen MR) is 126 cm³/mol. The van der Waals surface area contributed by atoms with E-state index in [0.717, 1.165) is 0 Å². The van der Waals surface area contributed by atoms with Crippen LogP contribution in [0, 0.1) is 0 Å². The first-order chi connectivity index (χ1) is 16.5. The van der Waals surface area contributed by atoms with Crippen molar-refractivity contribution in [2.75, 3.05) is 6.61 Å². The number of ether oxygens (including phenoxy) is 4. The molecule has 174 valence electrons. The second-order valence-electron chi connectivity index (χ2n) is 7.46. The van der Waals surface area contributed by atoms with Gasteiger partial charge in [-0.25, -0.2) is 14.4 Å². The molecule has 4 atom stereocenters. The van der Waals surface area contributed by atoms with Crippen molar-refractivity contribution in [2.24, 2.45) is 0 Å². The van der Waals surface area contributed by atoms with Gasteiger partial charge in [0.15, 0.2) is 17.2 Å². The Morgan fingerprint density at radius 3 is 1.53 bits per heavy atom. The molecule has 3 aromatic carbocycles. The lowest BCUT2D eigenvalue weighted by molar-refractivity contribution is -0.0435. The van der Waals surface area contributed by atoms with Gasteiger partial charge >= 0.3 is 17.9 Å². The fourth-order valence-corrected chi connectivity index (χ4v) is 4.11. The van der Waals surface area contributed by atoms with Crippen LogP contribution in [0.2, 0.25) is 0 Å². The Kier molecular flexibility index (Phi) is 7.72. The first-order valence-electron chi connectivity index (χ1n) is 10.6. The zero-order chi connectivity index (χ0) is 23.9. The Morgan fingerprint density at radius 1 is 0.647 bits per heavy atom. The molecular weight excluding hydrogens is 504 g/mol. The van der Waals surface area contributed by atoms with Crippen LogP contribution in [0.5, 0.6) is 0 Å². The molecule has 0 amide bonds. The van der Waals surface area contributed by atoms with Crippen LogP contribution < -0.4 is 0 Å². The maximum atomic E-state index is 12.8. The molecule has 0 saturated carbocycles. The molecule has 0 radical (unpaired) electrons. The van der Waals surface area contributed by atoms with E-state index in [0.29, 0.717) is 16.7 Å². The van der Waals surface area contributed by atoms with Crippen LogP contribution in [0.3, 0.4) is 0 Å². The van der Waals surface area contributed by atoms with Crippen LogP contribution >= 0.6 is 15.9 Å². The minimum Gasteiger partial charge on any atom is -0.459 e. The summed E-state index contributed by atoms with van der Waals surface area (Å²) in [6.07, 6.45) is -2.85. The van der Waals surface area contributed by atoms with Gasteiger partial charge in [0.25, 0.3) is 0 Å². The molecule has 4 rings (SSSR count). The summed E-state index contributed by atoms with van der Waals surface area (Å²) in [5.74, 6) is -1.76. The fraction of sp³-hybridized carbons (Fsp3) is 0.192. The predicted octanol–water partition coefficient (Wildman–Crippen LogP) is 4.41. The van der Waals surface area contributed by atoms with Gasteiger partial charge in [-0.3, -0.25) is 0 Å². The number of carbonyl (C=O) groups excluding carboxylic acids is 3. The van der Waals surface area contributed by atoms with Crippen molar-refractivity contribution < 1.29 is 33.3 Å². The summed E-state index contributed by atoms with van der Waals surface area (Å²) in [6.45, 7) is -0.206. The van der Waals surface area contributed by atoms with Gasteiger partial charge in [0, 0.05) is 0 Å². The second kappa shape index (κ2) is 11.1. The van der Waals surface area contributed by atoms with E-state index in [2.05, 4.69) is 15.9 Å². The monoisotopic (exact) mass is 524 g/mol. The molecule has 3 aromatic rings. The topological polar surface area (TPSA) is 88.1 Å². The highest BCUT2D eigenvalue weighted by molar-refractivity contribution is 9.09. The van der Waals surface area contributed by atoms with Gasteiger partial charge in [-0.15, -0.1) is 0 Å². The minimum atomic E-state index is -1.02. The highest BCUT2D eigenvalue weighted by Gasteiger charge is 2.49. The van der Waals surface area contributed by atoms with E-state index < -0.39 is 41.2 Å². The average molecular weight is 525 g/mol. The standard InChI is InChI=1S/C26H21BrO7/c27-23-22(34-26(30)19-14-8-3-9-15-19)21(33-25(29)18-12-6-2-7-13-18)20(32-23)16-31-24(28)17-10-4-1-5-11-17/h1-15,20-23H,16H2/t20-,21+,22?,23-/m1/s1. The van der Waals surface area contributed by atoms with Crippen LogP contribution in [0.1, 0.15) is 31.1 Å². The molecule has 1 saturated heterocycles. The van der Waals surface area contributed by atoms with E-state index in [9.17, 15) is 14.4 Å². The molecule has 1 unspecified atom stereocenters. The molecule has 7 nitrogen and oxygen atoms in total. The molecule has 1 fully saturated rings. The lowest BCUT2D eigenvalue weighted by atomic mass is 10.1. The Balaban J connectivity index is 1.51. The highest BCUT2D eigenvalue weighted by atomic mass is 79.9. The van der Waals surface area contributed by atoms with Crippen molar-refractivity contribution in [3.8, 4) is 0 Å². The van der Waals surface area contributed by atoms with Crippen LogP contribution in [-0.4, -0.2) is 47.8 Å². The number of rotatable bonds is 7. The average Bonchev–Trinajstić information content (AvgIpc) is 3.17. The normalized spacial score (nSPS) is 21.4. The largest absolute Gasteiger partial charge is 0.459 e.